The van der Waals surface area contributed by atoms with Crippen LogP contribution in [0.5, 0.6) is 0 Å². The summed E-state index contributed by atoms with van der Waals surface area (Å²) in [5.74, 6) is 2.34. The Morgan fingerprint density at radius 2 is 2.05 bits per heavy atom. The van der Waals surface area contributed by atoms with Gasteiger partial charge in [-0.15, -0.1) is 0 Å². The summed E-state index contributed by atoms with van der Waals surface area (Å²) < 4.78 is 1.00. The average molecular weight is 361 g/mol. The van der Waals surface area contributed by atoms with Gasteiger partial charge in [-0.05, 0) is 60.6 Å². The van der Waals surface area contributed by atoms with E-state index in [1.165, 1.54) is 25.7 Å². The van der Waals surface area contributed by atoms with Gasteiger partial charge in [-0.1, -0.05) is 0 Å². The Bertz CT molecular complexity index is 630. The van der Waals surface area contributed by atoms with E-state index in [0.29, 0.717) is 17.5 Å². The van der Waals surface area contributed by atoms with E-state index in [9.17, 15) is 5.26 Å². The van der Waals surface area contributed by atoms with Gasteiger partial charge in [0.2, 0.25) is 0 Å². The Labute approximate surface area is 140 Å². The third kappa shape index (κ3) is 2.63. The zero-order valence-electron chi connectivity index (χ0n) is 12.9. The number of hydrogen-bond acceptors (Lipinski definition) is 4. The van der Waals surface area contributed by atoms with Crippen LogP contribution in [0.4, 0.5) is 5.82 Å². The van der Waals surface area contributed by atoms with E-state index < -0.39 is 0 Å². The molecule has 2 heterocycles. The van der Waals surface area contributed by atoms with Gasteiger partial charge in [0, 0.05) is 36.1 Å². The first-order valence-electron chi connectivity index (χ1n) is 8.23. The van der Waals surface area contributed by atoms with Crippen LogP contribution >= 0.6 is 15.9 Å². The molecule has 0 N–H and O–H groups in total. The van der Waals surface area contributed by atoms with Crippen molar-refractivity contribution in [3.8, 4) is 6.07 Å². The highest BCUT2D eigenvalue weighted by Crippen LogP contribution is 2.44. The number of halogens is 1. The minimum Gasteiger partial charge on any atom is -0.353 e. The quantitative estimate of drug-likeness (QED) is 0.830. The standard InChI is InChI=1S/C17H21BrN4/c1-21-6-7-22(10-15(21)11-2-3-11)17-13(9-19)8-14(18)16(20-17)12-4-5-12/h8,11-12,15H,2-7,10H2,1H3/t15-/m0/s1. The molecule has 2 saturated carbocycles. The molecule has 2 aliphatic carbocycles. The predicted octanol–water partition coefficient (Wildman–Crippen LogP) is 3.12. The van der Waals surface area contributed by atoms with Crippen LogP contribution in [-0.4, -0.2) is 42.6 Å². The fraction of sp³-hybridized carbons (Fsp3) is 0.647. The second-order valence-corrected chi connectivity index (χ2v) is 7.80. The highest BCUT2D eigenvalue weighted by atomic mass is 79.9. The third-order valence-corrected chi connectivity index (χ3v) is 5.86. The Hall–Kier alpha value is -1.12. The molecule has 1 atom stereocenters. The monoisotopic (exact) mass is 360 g/mol. The summed E-state index contributed by atoms with van der Waals surface area (Å²) in [5.41, 5.74) is 1.85. The molecule has 1 aliphatic heterocycles. The molecule has 0 spiro atoms. The summed E-state index contributed by atoms with van der Waals surface area (Å²) in [7, 11) is 2.23. The number of nitriles is 1. The summed E-state index contributed by atoms with van der Waals surface area (Å²) in [6, 6.07) is 4.94. The second kappa shape index (κ2) is 5.50. The molecule has 116 valence electrons. The number of aromatic nitrogens is 1. The lowest BCUT2D eigenvalue weighted by Crippen LogP contribution is -2.53. The second-order valence-electron chi connectivity index (χ2n) is 6.94. The van der Waals surface area contributed by atoms with Gasteiger partial charge < -0.3 is 4.90 Å². The van der Waals surface area contributed by atoms with Crippen molar-refractivity contribution in [3.63, 3.8) is 0 Å². The van der Waals surface area contributed by atoms with E-state index in [1.54, 1.807) is 0 Å². The highest BCUT2D eigenvalue weighted by molar-refractivity contribution is 9.10. The minimum absolute atomic E-state index is 0.590. The molecule has 4 rings (SSSR count). The Morgan fingerprint density at radius 3 is 2.68 bits per heavy atom. The van der Waals surface area contributed by atoms with E-state index >= 15 is 0 Å². The van der Waals surface area contributed by atoms with Crippen LogP contribution in [0.2, 0.25) is 0 Å². The lowest BCUT2D eigenvalue weighted by molar-refractivity contribution is 0.196. The molecule has 1 aromatic heterocycles. The number of rotatable bonds is 3. The third-order valence-electron chi connectivity index (χ3n) is 5.23. The smallest absolute Gasteiger partial charge is 0.147 e. The minimum atomic E-state index is 0.590. The number of hydrogen-bond donors (Lipinski definition) is 0. The predicted molar refractivity (Wildman–Crippen MR) is 90.0 cm³/mol. The molecule has 0 aromatic carbocycles. The summed E-state index contributed by atoms with van der Waals surface area (Å²) in [6.07, 6.45) is 5.17. The molecule has 1 aromatic rings. The number of nitrogens with zero attached hydrogens (tertiary/aromatic N) is 4. The van der Waals surface area contributed by atoms with E-state index in [4.69, 9.17) is 4.98 Å². The lowest BCUT2D eigenvalue weighted by Gasteiger charge is -2.40. The van der Waals surface area contributed by atoms with E-state index in [1.807, 2.05) is 6.07 Å². The average Bonchev–Trinajstić information content (AvgIpc) is 3.39. The van der Waals surface area contributed by atoms with Crippen LogP contribution in [0.3, 0.4) is 0 Å². The first kappa shape index (κ1) is 14.5. The van der Waals surface area contributed by atoms with Gasteiger partial charge in [-0.2, -0.15) is 5.26 Å². The first-order valence-corrected chi connectivity index (χ1v) is 9.02. The van der Waals surface area contributed by atoms with Crippen LogP contribution < -0.4 is 4.90 Å². The van der Waals surface area contributed by atoms with Gasteiger partial charge in [-0.3, -0.25) is 4.90 Å². The van der Waals surface area contributed by atoms with E-state index in [2.05, 4.69) is 38.8 Å². The van der Waals surface area contributed by atoms with Crippen LogP contribution in [0.25, 0.3) is 0 Å². The van der Waals surface area contributed by atoms with E-state index in [-0.39, 0.29) is 0 Å². The molecule has 0 bridgehead atoms. The van der Waals surface area contributed by atoms with Gasteiger partial charge in [0.25, 0.3) is 0 Å². The fourth-order valence-corrected chi connectivity index (χ4v) is 4.18. The zero-order chi connectivity index (χ0) is 15.3. The van der Waals surface area contributed by atoms with Gasteiger partial charge in [0.05, 0.1) is 11.3 Å². The maximum Gasteiger partial charge on any atom is 0.147 e. The fourth-order valence-electron chi connectivity index (χ4n) is 3.54. The Kier molecular flexibility index (Phi) is 3.62. The van der Waals surface area contributed by atoms with Crippen molar-refractivity contribution in [2.45, 2.75) is 37.6 Å². The number of likely N-dealkylation sites (N-methyl/N-ethyl adjacent to an activating group) is 1. The van der Waals surface area contributed by atoms with Crippen LogP contribution in [0.1, 0.15) is 42.9 Å². The summed E-state index contributed by atoms with van der Waals surface area (Å²) in [6.45, 7) is 3.03. The van der Waals surface area contributed by atoms with Crippen molar-refractivity contribution in [2.24, 2.45) is 5.92 Å². The van der Waals surface area contributed by atoms with Crippen molar-refractivity contribution in [1.29, 1.82) is 5.26 Å². The number of piperazine rings is 1. The van der Waals surface area contributed by atoms with Crippen LogP contribution in [0.15, 0.2) is 10.5 Å². The molecule has 1 saturated heterocycles. The summed E-state index contributed by atoms with van der Waals surface area (Å²) in [4.78, 5) is 9.74. The van der Waals surface area contributed by atoms with Crippen molar-refractivity contribution in [3.05, 3.63) is 21.8 Å². The highest BCUT2D eigenvalue weighted by Gasteiger charge is 2.38. The molecule has 3 fully saturated rings. The maximum absolute atomic E-state index is 9.51. The van der Waals surface area contributed by atoms with Crippen molar-refractivity contribution in [2.75, 3.05) is 31.6 Å². The molecular formula is C17H21BrN4. The first-order chi connectivity index (χ1) is 10.7. The molecule has 0 radical (unpaired) electrons. The molecular weight excluding hydrogens is 340 g/mol. The van der Waals surface area contributed by atoms with Gasteiger partial charge in [0.1, 0.15) is 11.9 Å². The van der Waals surface area contributed by atoms with Crippen molar-refractivity contribution in [1.82, 2.24) is 9.88 Å². The number of anilines is 1. The summed E-state index contributed by atoms with van der Waals surface area (Å²) in [5, 5.41) is 9.51. The normalized spacial score (nSPS) is 26.0. The molecule has 3 aliphatic rings. The van der Waals surface area contributed by atoms with Gasteiger partial charge >= 0.3 is 0 Å². The molecule has 0 amide bonds. The van der Waals surface area contributed by atoms with Crippen molar-refractivity contribution >= 4 is 21.7 Å². The molecule has 22 heavy (non-hydrogen) atoms. The molecule has 0 unspecified atom stereocenters. The SMILES string of the molecule is CN1CCN(c2nc(C3CC3)c(Br)cc2C#N)C[C@H]1C1CC1. The van der Waals surface area contributed by atoms with Gasteiger partial charge in [0.15, 0.2) is 0 Å². The molecule has 5 heteroatoms. The van der Waals surface area contributed by atoms with E-state index in [0.717, 1.165) is 41.5 Å². The largest absolute Gasteiger partial charge is 0.353 e. The maximum atomic E-state index is 9.51. The number of pyridine rings is 1. The van der Waals surface area contributed by atoms with Gasteiger partial charge in [-0.25, -0.2) is 4.98 Å². The topological polar surface area (TPSA) is 43.2 Å². The Balaban J connectivity index is 1.65. The lowest BCUT2D eigenvalue weighted by atomic mass is 10.1. The van der Waals surface area contributed by atoms with Crippen molar-refractivity contribution < 1.29 is 0 Å². The van der Waals surface area contributed by atoms with Crippen LogP contribution in [-0.2, 0) is 0 Å². The Morgan fingerprint density at radius 1 is 1.27 bits per heavy atom. The zero-order valence-corrected chi connectivity index (χ0v) is 14.5. The van der Waals surface area contributed by atoms with Crippen LogP contribution in [0, 0.1) is 17.2 Å². The molecule has 4 nitrogen and oxygen atoms in total. The summed E-state index contributed by atoms with van der Waals surface area (Å²) >= 11 is 3.60.